The molecule has 156 valence electrons. The summed E-state index contributed by atoms with van der Waals surface area (Å²) in [6, 6.07) is 19.9. The van der Waals surface area contributed by atoms with Gasteiger partial charge >= 0.3 is 0 Å². The minimum atomic E-state index is -0.256. The Morgan fingerprint density at radius 3 is 2.66 bits per heavy atom. The fraction of sp³-hybridized carbons (Fsp3) is 0.0769. The number of rotatable bonds is 4. The molecule has 0 saturated heterocycles. The predicted molar refractivity (Wildman–Crippen MR) is 126 cm³/mol. The first-order chi connectivity index (χ1) is 15.7. The summed E-state index contributed by atoms with van der Waals surface area (Å²) in [5, 5.41) is 2.13. The number of H-pyrrole nitrogens is 1. The second kappa shape index (κ2) is 7.28. The Labute approximate surface area is 183 Å². The van der Waals surface area contributed by atoms with Crippen LogP contribution in [0.4, 0.5) is 4.39 Å². The number of imidazole rings is 1. The number of halogens is 1. The molecule has 0 saturated carbocycles. The van der Waals surface area contributed by atoms with E-state index < -0.39 is 0 Å². The molecule has 0 aliphatic carbocycles. The van der Waals surface area contributed by atoms with Gasteiger partial charge in [0.25, 0.3) is 0 Å². The van der Waals surface area contributed by atoms with Crippen LogP contribution in [0.3, 0.4) is 0 Å². The first-order valence-corrected chi connectivity index (χ1v) is 10.5. The second-order valence-electron chi connectivity index (χ2n) is 7.93. The van der Waals surface area contributed by atoms with Crippen molar-refractivity contribution in [2.45, 2.75) is 6.42 Å². The monoisotopic (exact) mass is 421 g/mol. The van der Waals surface area contributed by atoms with Crippen molar-refractivity contribution < 1.29 is 4.39 Å². The Hall–Kier alpha value is -4.03. The Morgan fingerprint density at radius 2 is 1.78 bits per heavy atom. The molecule has 6 aromatic rings. The highest BCUT2D eigenvalue weighted by atomic mass is 19.1. The Kier molecular flexibility index (Phi) is 4.26. The molecule has 32 heavy (non-hydrogen) atoms. The van der Waals surface area contributed by atoms with Crippen molar-refractivity contribution >= 4 is 32.8 Å². The molecule has 0 fully saturated rings. The van der Waals surface area contributed by atoms with Crippen LogP contribution in [0.2, 0.25) is 0 Å². The van der Waals surface area contributed by atoms with Gasteiger partial charge in [0, 0.05) is 17.1 Å². The van der Waals surface area contributed by atoms with Gasteiger partial charge in [-0.2, -0.15) is 0 Å². The summed E-state index contributed by atoms with van der Waals surface area (Å²) in [5.41, 5.74) is 12.8. The molecule has 6 heteroatoms. The fourth-order valence-electron chi connectivity index (χ4n) is 4.35. The lowest BCUT2D eigenvalue weighted by molar-refractivity contribution is 0.608. The van der Waals surface area contributed by atoms with Crippen LogP contribution in [-0.4, -0.2) is 26.1 Å². The van der Waals surface area contributed by atoms with Crippen molar-refractivity contribution in [1.82, 2.24) is 19.5 Å². The lowest BCUT2D eigenvalue weighted by atomic mass is 10.0. The lowest BCUT2D eigenvalue weighted by Crippen LogP contribution is -2.05. The number of fused-ring (bicyclic) bond motifs is 4. The van der Waals surface area contributed by atoms with Gasteiger partial charge in [0.2, 0.25) is 0 Å². The number of pyridine rings is 1. The van der Waals surface area contributed by atoms with E-state index in [9.17, 15) is 4.39 Å². The van der Waals surface area contributed by atoms with Gasteiger partial charge in [-0.05, 0) is 77.5 Å². The Morgan fingerprint density at radius 1 is 0.906 bits per heavy atom. The number of hydrogen-bond donors (Lipinski definition) is 2. The van der Waals surface area contributed by atoms with Crippen LogP contribution < -0.4 is 5.73 Å². The van der Waals surface area contributed by atoms with Crippen molar-refractivity contribution in [3.8, 4) is 16.8 Å². The number of hydrogen-bond acceptors (Lipinski definition) is 3. The Bertz CT molecular complexity index is 1610. The summed E-state index contributed by atoms with van der Waals surface area (Å²) in [4.78, 5) is 12.3. The maximum absolute atomic E-state index is 14.6. The molecular weight excluding hydrogens is 401 g/mol. The van der Waals surface area contributed by atoms with E-state index in [4.69, 9.17) is 5.73 Å². The van der Waals surface area contributed by atoms with E-state index in [2.05, 4.69) is 51.4 Å². The maximum Gasteiger partial charge on any atom is 0.128 e. The van der Waals surface area contributed by atoms with Crippen LogP contribution in [-0.2, 0) is 6.42 Å². The highest BCUT2D eigenvalue weighted by molar-refractivity contribution is 6.04. The largest absolute Gasteiger partial charge is 0.361 e. The highest BCUT2D eigenvalue weighted by Crippen LogP contribution is 2.31. The number of benzene rings is 3. The van der Waals surface area contributed by atoms with E-state index >= 15 is 0 Å². The van der Waals surface area contributed by atoms with Crippen molar-refractivity contribution in [3.05, 3.63) is 90.8 Å². The topological polar surface area (TPSA) is 72.5 Å². The van der Waals surface area contributed by atoms with Crippen LogP contribution in [0, 0.1) is 5.82 Å². The normalized spacial score (nSPS) is 11.7. The molecule has 0 radical (unpaired) electrons. The third-order valence-electron chi connectivity index (χ3n) is 5.99. The van der Waals surface area contributed by atoms with Crippen molar-refractivity contribution in [3.63, 3.8) is 0 Å². The van der Waals surface area contributed by atoms with Gasteiger partial charge in [0.1, 0.15) is 17.7 Å². The van der Waals surface area contributed by atoms with E-state index in [0.29, 0.717) is 18.5 Å². The van der Waals surface area contributed by atoms with Gasteiger partial charge in [-0.15, -0.1) is 0 Å². The summed E-state index contributed by atoms with van der Waals surface area (Å²) in [6.07, 6.45) is 5.94. The SMILES string of the molecule is NCCc1ccc(-n2cnc3cnc4ccc(-c5ccc6[nH]ccc6c5)cc4c32)cc1F. The molecule has 0 spiro atoms. The average molecular weight is 421 g/mol. The first kappa shape index (κ1) is 18.7. The molecule has 3 heterocycles. The smallest absolute Gasteiger partial charge is 0.128 e. The summed E-state index contributed by atoms with van der Waals surface area (Å²) in [7, 11) is 0. The summed E-state index contributed by atoms with van der Waals surface area (Å²) >= 11 is 0. The molecule has 0 aliphatic heterocycles. The molecule has 3 N–H and O–H groups in total. The van der Waals surface area contributed by atoms with Crippen LogP contribution >= 0.6 is 0 Å². The molecule has 3 aromatic carbocycles. The Balaban J connectivity index is 1.55. The van der Waals surface area contributed by atoms with Crippen LogP contribution in [0.25, 0.3) is 49.7 Å². The van der Waals surface area contributed by atoms with Crippen LogP contribution in [0.15, 0.2) is 79.4 Å². The molecule has 3 aromatic heterocycles. The van der Waals surface area contributed by atoms with Crippen LogP contribution in [0.5, 0.6) is 0 Å². The van der Waals surface area contributed by atoms with Crippen LogP contribution in [0.1, 0.15) is 5.56 Å². The lowest BCUT2D eigenvalue weighted by Gasteiger charge is -2.10. The molecule has 0 aliphatic rings. The van der Waals surface area contributed by atoms with Gasteiger partial charge in [0.15, 0.2) is 0 Å². The van der Waals surface area contributed by atoms with E-state index in [0.717, 1.165) is 49.7 Å². The summed E-state index contributed by atoms with van der Waals surface area (Å²) < 4.78 is 16.5. The zero-order chi connectivity index (χ0) is 21.7. The van der Waals surface area contributed by atoms with E-state index in [1.807, 2.05) is 22.9 Å². The third-order valence-corrected chi connectivity index (χ3v) is 5.99. The number of nitrogens with one attached hydrogen (secondary N) is 1. The second-order valence-corrected chi connectivity index (χ2v) is 7.93. The minimum Gasteiger partial charge on any atom is -0.361 e. The number of nitrogens with zero attached hydrogens (tertiary/aromatic N) is 3. The number of aromatic nitrogens is 4. The standard InChI is InChI=1S/C26H20FN5/c27-22-13-20(4-1-16(22)7-9-28)32-15-31-25-14-30-24-6-3-18(12-21(24)26(25)32)17-2-5-23-19(11-17)8-10-29-23/h1-6,8,10-15,29H,7,9,28H2. The molecule has 0 bridgehead atoms. The number of aromatic amines is 1. The van der Waals surface area contributed by atoms with Gasteiger partial charge in [0.05, 0.1) is 22.9 Å². The molecule has 0 unspecified atom stereocenters. The predicted octanol–water partition coefficient (Wildman–Crippen LogP) is 5.36. The summed E-state index contributed by atoms with van der Waals surface area (Å²) in [5.74, 6) is -0.256. The van der Waals surface area contributed by atoms with Gasteiger partial charge in [-0.25, -0.2) is 9.37 Å². The zero-order valence-electron chi connectivity index (χ0n) is 17.2. The number of nitrogens with two attached hydrogens (primary N) is 1. The fourth-order valence-corrected chi connectivity index (χ4v) is 4.35. The molecule has 0 amide bonds. The van der Waals surface area contributed by atoms with Crippen molar-refractivity contribution in [2.24, 2.45) is 5.73 Å². The maximum atomic E-state index is 14.6. The van der Waals surface area contributed by atoms with E-state index in [-0.39, 0.29) is 5.82 Å². The molecular formula is C26H20FN5. The van der Waals surface area contributed by atoms with Gasteiger partial charge < -0.3 is 10.7 Å². The highest BCUT2D eigenvalue weighted by Gasteiger charge is 2.13. The van der Waals surface area contributed by atoms with E-state index in [1.54, 1.807) is 24.7 Å². The molecule has 5 nitrogen and oxygen atoms in total. The van der Waals surface area contributed by atoms with Gasteiger partial charge in [-0.3, -0.25) is 9.55 Å². The average Bonchev–Trinajstić information content (AvgIpc) is 3.47. The van der Waals surface area contributed by atoms with Gasteiger partial charge in [-0.1, -0.05) is 18.2 Å². The summed E-state index contributed by atoms with van der Waals surface area (Å²) in [6.45, 7) is 0.415. The van der Waals surface area contributed by atoms with Crippen molar-refractivity contribution in [1.29, 1.82) is 0 Å². The third kappa shape index (κ3) is 2.96. The quantitative estimate of drug-likeness (QED) is 0.402. The van der Waals surface area contributed by atoms with E-state index in [1.165, 1.54) is 0 Å². The van der Waals surface area contributed by atoms with Crippen molar-refractivity contribution in [2.75, 3.05) is 6.54 Å². The molecule has 6 rings (SSSR count). The molecule has 0 atom stereocenters. The minimum absolute atomic E-state index is 0.256. The first-order valence-electron chi connectivity index (χ1n) is 10.5. The zero-order valence-corrected chi connectivity index (χ0v) is 17.2.